The van der Waals surface area contributed by atoms with Crippen LogP contribution in [0.15, 0.2) is 71.1 Å². The van der Waals surface area contributed by atoms with Gasteiger partial charge in [-0.1, -0.05) is 29.8 Å². The molecule has 1 aliphatic rings. The van der Waals surface area contributed by atoms with Gasteiger partial charge >= 0.3 is 0 Å². The number of fused-ring (bicyclic) bond motifs is 2. The Balaban J connectivity index is 1.33. The van der Waals surface area contributed by atoms with Gasteiger partial charge in [0.15, 0.2) is 5.58 Å². The lowest BCUT2D eigenvalue weighted by Crippen LogP contribution is -2.37. The fraction of sp³-hybridized carbons (Fsp3) is 0.0833. The molecule has 3 amide bonds. The summed E-state index contributed by atoms with van der Waals surface area (Å²) in [5.74, 6) is -0.922. The first-order valence-corrected chi connectivity index (χ1v) is 9.72. The van der Waals surface area contributed by atoms with E-state index in [9.17, 15) is 14.4 Å². The van der Waals surface area contributed by atoms with Crippen LogP contribution in [0.25, 0.3) is 22.6 Å². The Morgan fingerprint density at radius 3 is 2.42 bits per heavy atom. The maximum absolute atomic E-state index is 12.5. The van der Waals surface area contributed by atoms with Gasteiger partial charge < -0.3 is 9.73 Å². The summed E-state index contributed by atoms with van der Waals surface area (Å²) in [4.78, 5) is 42.8. The molecule has 1 aromatic heterocycles. The van der Waals surface area contributed by atoms with Gasteiger partial charge in [-0.15, -0.1) is 0 Å². The van der Waals surface area contributed by atoms with E-state index in [0.717, 1.165) is 16.0 Å². The quantitative estimate of drug-likeness (QED) is 0.512. The van der Waals surface area contributed by atoms with Crippen molar-refractivity contribution in [2.24, 2.45) is 0 Å². The van der Waals surface area contributed by atoms with Crippen LogP contribution in [-0.4, -0.2) is 34.2 Å². The van der Waals surface area contributed by atoms with E-state index in [2.05, 4.69) is 10.3 Å². The molecule has 0 aliphatic carbocycles. The molecule has 0 fully saturated rings. The Labute approximate surface area is 177 Å². The van der Waals surface area contributed by atoms with Gasteiger partial charge in [-0.3, -0.25) is 19.3 Å². The van der Waals surface area contributed by atoms with Crippen LogP contribution in [0.2, 0.25) is 0 Å². The largest absolute Gasteiger partial charge is 0.436 e. The van der Waals surface area contributed by atoms with Gasteiger partial charge in [0, 0.05) is 17.3 Å². The maximum Gasteiger partial charge on any atom is 0.262 e. The lowest BCUT2D eigenvalue weighted by molar-refractivity contribution is -0.116. The molecule has 0 atom stereocenters. The molecule has 2 heterocycles. The molecule has 0 saturated carbocycles. The van der Waals surface area contributed by atoms with Crippen molar-refractivity contribution in [2.45, 2.75) is 6.92 Å². The van der Waals surface area contributed by atoms with E-state index in [1.54, 1.807) is 42.5 Å². The number of anilines is 1. The minimum atomic E-state index is -0.479. The third-order valence-corrected chi connectivity index (χ3v) is 5.12. The second-order valence-corrected chi connectivity index (χ2v) is 7.36. The van der Waals surface area contributed by atoms with Gasteiger partial charge in [0.2, 0.25) is 11.8 Å². The lowest BCUT2D eigenvalue weighted by atomic mass is 10.1. The highest BCUT2D eigenvalue weighted by Crippen LogP contribution is 2.27. The molecule has 3 aromatic carbocycles. The van der Waals surface area contributed by atoms with Crippen LogP contribution in [0.5, 0.6) is 0 Å². The molecule has 7 heteroatoms. The van der Waals surface area contributed by atoms with Crippen LogP contribution in [0.3, 0.4) is 0 Å². The number of imide groups is 1. The number of carbonyl (C=O) groups excluding carboxylic acids is 3. The molecule has 7 nitrogen and oxygen atoms in total. The fourth-order valence-electron chi connectivity index (χ4n) is 3.63. The van der Waals surface area contributed by atoms with Gasteiger partial charge in [0.25, 0.3) is 11.8 Å². The summed E-state index contributed by atoms with van der Waals surface area (Å²) in [6, 6.07) is 19.5. The van der Waals surface area contributed by atoms with E-state index >= 15 is 0 Å². The predicted octanol–water partition coefficient (Wildman–Crippen LogP) is 4.04. The number of rotatable bonds is 4. The Hall–Kier alpha value is -4.26. The maximum atomic E-state index is 12.5. The van der Waals surface area contributed by atoms with E-state index in [1.165, 1.54) is 0 Å². The SMILES string of the molecule is Cc1cccc(-c2nc3ccc(NC(=O)CN4C(=O)c5ccccc5C4=O)cc3o2)c1. The second-order valence-electron chi connectivity index (χ2n) is 7.36. The summed E-state index contributed by atoms with van der Waals surface area (Å²) < 4.78 is 5.86. The first-order valence-electron chi connectivity index (χ1n) is 9.72. The minimum Gasteiger partial charge on any atom is -0.436 e. The molecule has 5 rings (SSSR count). The van der Waals surface area contributed by atoms with Crippen LogP contribution >= 0.6 is 0 Å². The summed E-state index contributed by atoms with van der Waals surface area (Å²) in [6.07, 6.45) is 0. The van der Waals surface area contributed by atoms with Crippen LogP contribution in [0, 0.1) is 6.92 Å². The zero-order valence-corrected chi connectivity index (χ0v) is 16.6. The highest BCUT2D eigenvalue weighted by Gasteiger charge is 2.36. The number of hydrogen-bond acceptors (Lipinski definition) is 5. The smallest absolute Gasteiger partial charge is 0.262 e. The van der Waals surface area contributed by atoms with Gasteiger partial charge in [0.1, 0.15) is 12.1 Å². The van der Waals surface area contributed by atoms with Crippen LogP contribution in [-0.2, 0) is 4.79 Å². The predicted molar refractivity (Wildman–Crippen MR) is 115 cm³/mol. The van der Waals surface area contributed by atoms with E-state index in [1.807, 2.05) is 31.2 Å². The van der Waals surface area contributed by atoms with Crippen LogP contribution < -0.4 is 5.32 Å². The minimum absolute atomic E-state index is 0.312. The van der Waals surface area contributed by atoms with Crippen molar-refractivity contribution < 1.29 is 18.8 Å². The van der Waals surface area contributed by atoms with Gasteiger partial charge in [-0.25, -0.2) is 4.98 Å². The number of benzene rings is 3. The highest BCUT2D eigenvalue weighted by atomic mass is 16.3. The third-order valence-electron chi connectivity index (χ3n) is 5.12. The number of amides is 3. The number of aromatic nitrogens is 1. The van der Waals surface area contributed by atoms with Crippen molar-refractivity contribution in [3.05, 3.63) is 83.4 Å². The zero-order valence-electron chi connectivity index (χ0n) is 16.6. The summed E-state index contributed by atoms with van der Waals surface area (Å²) >= 11 is 0. The van der Waals surface area contributed by atoms with Crippen molar-refractivity contribution >= 4 is 34.5 Å². The summed E-state index contributed by atoms with van der Waals surface area (Å²) in [5.41, 5.74) is 4.26. The van der Waals surface area contributed by atoms with E-state index in [0.29, 0.717) is 33.8 Å². The number of hydrogen-bond donors (Lipinski definition) is 1. The van der Waals surface area contributed by atoms with Crippen molar-refractivity contribution in [3.63, 3.8) is 0 Å². The number of oxazole rings is 1. The molecule has 0 spiro atoms. The number of nitrogens with zero attached hydrogens (tertiary/aromatic N) is 2. The van der Waals surface area contributed by atoms with E-state index in [-0.39, 0.29) is 6.54 Å². The summed E-state index contributed by atoms with van der Waals surface area (Å²) in [7, 11) is 0. The van der Waals surface area contributed by atoms with Crippen molar-refractivity contribution in [1.82, 2.24) is 9.88 Å². The highest BCUT2D eigenvalue weighted by molar-refractivity contribution is 6.22. The molecular weight excluding hydrogens is 394 g/mol. The molecule has 0 saturated heterocycles. The van der Waals surface area contributed by atoms with Gasteiger partial charge in [-0.05, 0) is 43.3 Å². The molecule has 152 valence electrons. The standard InChI is InChI=1S/C24H17N3O4/c1-14-5-4-6-15(11-14)22-26-19-10-9-16(12-20(19)31-22)25-21(28)13-27-23(29)17-7-2-3-8-18(17)24(27)30/h2-12H,13H2,1H3,(H,25,28). The number of carbonyl (C=O) groups is 3. The average molecular weight is 411 g/mol. The van der Waals surface area contributed by atoms with E-state index in [4.69, 9.17) is 4.42 Å². The van der Waals surface area contributed by atoms with Crippen molar-refractivity contribution in [1.29, 1.82) is 0 Å². The first-order chi connectivity index (χ1) is 15.0. The van der Waals surface area contributed by atoms with Crippen molar-refractivity contribution in [2.75, 3.05) is 11.9 Å². The second kappa shape index (κ2) is 7.21. The Morgan fingerprint density at radius 1 is 0.968 bits per heavy atom. The topological polar surface area (TPSA) is 92.5 Å². The number of aryl methyl sites for hydroxylation is 1. The van der Waals surface area contributed by atoms with Gasteiger partial charge in [0.05, 0.1) is 11.1 Å². The molecule has 31 heavy (non-hydrogen) atoms. The summed E-state index contributed by atoms with van der Waals surface area (Å²) in [5, 5.41) is 2.71. The molecule has 1 N–H and O–H groups in total. The van der Waals surface area contributed by atoms with Crippen molar-refractivity contribution in [3.8, 4) is 11.5 Å². The fourth-order valence-corrected chi connectivity index (χ4v) is 3.63. The molecule has 0 radical (unpaired) electrons. The Morgan fingerprint density at radius 2 is 1.71 bits per heavy atom. The molecule has 1 aliphatic heterocycles. The zero-order chi connectivity index (χ0) is 21.5. The first kappa shape index (κ1) is 18.7. The van der Waals surface area contributed by atoms with Crippen LogP contribution in [0.4, 0.5) is 5.69 Å². The van der Waals surface area contributed by atoms with E-state index < -0.39 is 17.7 Å². The number of nitrogens with one attached hydrogen (secondary N) is 1. The third kappa shape index (κ3) is 3.36. The molecule has 0 bridgehead atoms. The summed E-state index contributed by atoms with van der Waals surface area (Å²) in [6.45, 7) is 1.63. The lowest BCUT2D eigenvalue weighted by Gasteiger charge is -2.13. The average Bonchev–Trinajstić information content (AvgIpc) is 3.29. The normalized spacial score (nSPS) is 13.0. The Bertz CT molecular complexity index is 1340. The molecular formula is C24H17N3O4. The Kier molecular flexibility index (Phi) is 4.36. The van der Waals surface area contributed by atoms with Gasteiger partial charge in [-0.2, -0.15) is 0 Å². The monoisotopic (exact) mass is 411 g/mol. The van der Waals surface area contributed by atoms with Crippen LogP contribution in [0.1, 0.15) is 26.3 Å². The molecule has 0 unspecified atom stereocenters. The molecule has 4 aromatic rings.